The van der Waals surface area contributed by atoms with Crippen molar-refractivity contribution >= 4 is 0 Å². The van der Waals surface area contributed by atoms with Crippen LogP contribution < -0.4 is 5.73 Å². The third-order valence-corrected chi connectivity index (χ3v) is 4.08. The lowest BCUT2D eigenvalue weighted by Crippen LogP contribution is -2.26. The van der Waals surface area contributed by atoms with Crippen molar-refractivity contribution < 1.29 is 4.74 Å². The first-order chi connectivity index (χ1) is 8.65. The van der Waals surface area contributed by atoms with E-state index in [1.54, 1.807) is 0 Å². The van der Waals surface area contributed by atoms with Gasteiger partial charge in [0.2, 0.25) is 0 Å². The minimum atomic E-state index is 0.323. The zero-order chi connectivity index (χ0) is 13.1. The molecule has 3 unspecified atom stereocenters. The lowest BCUT2D eigenvalue weighted by molar-refractivity contribution is 0.0718. The van der Waals surface area contributed by atoms with E-state index in [-0.39, 0.29) is 0 Å². The number of ether oxygens (including phenoxy) is 1. The number of hydrogen-bond acceptors (Lipinski definition) is 3. The summed E-state index contributed by atoms with van der Waals surface area (Å²) < 4.78 is 8.04. The highest BCUT2D eigenvalue weighted by molar-refractivity contribution is 5.10. The summed E-state index contributed by atoms with van der Waals surface area (Å²) in [5.41, 5.74) is 7.16. The molecule has 0 amide bonds. The Balaban J connectivity index is 2.20. The van der Waals surface area contributed by atoms with E-state index in [9.17, 15) is 0 Å². The van der Waals surface area contributed by atoms with Gasteiger partial charge in [0.25, 0.3) is 0 Å². The minimum Gasteiger partial charge on any atom is -0.376 e. The fraction of sp³-hybridized carbons (Fsp3) is 0.786. The first-order valence-corrected chi connectivity index (χ1v) is 6.98. The molecule has 1 fully saturated rings. The molecule has 4 nitrogen and oxygen atoms in total. The van der Waals surface area contributed by atoms with E-state index in [0.717, 1.165) is 13.0 Å². The lowest BCUT2D eigenvalue weighted by Gasteiger charge is -2.26. The number of rotatable bonds is 5. The highest BCUT2D eigenvalue weighted by Crippen LogP contribution is 2.29. The van der Waals surface area contributed by atoms with Crippen LogP contribution in [0.1, 0.15) is 51.3 Å². The molecule has 4 heteroatoms. The van der Waals surface area contributed by atoms with Crippen molar-refractivity contribution in [3.63, 3.8) is 0 Å². The largest absolute Gasteiger partial charge is 0.376 e. The Hall–Kier alpha value is -0.870. The fourth-order valence-corrected chi connectivity index (χ4v) is 2.84. The molecule has 0 bridgehead atoms. The van der Waals surface area contributed by atoms with Crippen molar-refractivity contribution in [3.05, 3.63) is 18.2 Å². The van der Waals surface area contributed by atoms with Crippen LogP contribution in [-0.2, 0) is 4.74 Å². The normalized spacial score (nSPS) is 23.5. The Morgan fingerprint density at radius 2 is 2.28 bits per heavy atom. The van der Waals surface area contributed by atoms with Gasteiger partial charge in [-0.1, -0.05) is 13.8 Å². The summed E-state index contributed by atoms with van der Waals surface area (Å²) in [6.45, 7) is 8.21. The van der Waals surface area contributed by atoms with Crippen LogP contribution in [0.25, 0.3) is 0 Å². The van der Waals surface area contributed by atoms with E-state index in [1.165, 1.54) is 12.1 Å². The van der Waals surface area contributed by atoms with Crippen molar-refractivity contribution in [2.45, 2.75) is 51.7 Å². The molecule has 0 aliphatic carbocycles. The molecule has 1 aliphatic rings. The smallest absolute Gasteiger partial charge is 0.0951 e. The van der Waals surface area contributed by atoms with Crippen molar-refractivity contribution in [1.82, 2.24) is 9.55 Å². The van der Waals surface area contributed by atoms with Gasteiger partial charge in [0.15, 0.2) is 0 Å². The molecule has 3 atom stereocenters. The van der Waals surface area contributed by atoms with Gasteiger partial charge in [-0.05, 0) is 25.7 Å². The van der Waals surface area contributed by atoms with Crippen molar-refractivity contribution in [2.75, 3.05) is 13.2 Å². The number of imidazole rings is 1. The first-order valence-electron chi connectivity index (χ1n) is 6.98. The van der Waals surface area contributed by atoms with E-state index in [4.69, 9.17) is 10.5 Å². The molecule has 1 saturated heterocycles. The van der Waals surface area contributed by atoms with Crippen molar-refractivity contribution in [3.8, 4) is 0 Å². The van der Waals surface area contributed by atoms with Crippen LogP contribution in [0.4, 0.5) is 0 Å². The summed E-state index contributed by atoms with van der Waals surface area (Å²) in [5.74, 6) is 0.901. The molecule has 2 rings (SSSR count). The lowest BCUT2D eigenvalue weighted by atomic mass is 9.92. The molecule has 0 spiro atoms. The molecule has 1 aromatic rings. The van der Waals surface area contributed by atoms with Crippen LogP contribution in [0.5, 0.6) is 0 Å². The van der Waals surface area contributed by atoms with Crippen molar-refractivity contribution in [2.24, 2.45) is 11.7 Å². The quantitative estimate of drug-likeness (QED) is 0.873. The third kappa shape index (κ3) is 2.59. The highest BCUT2D eigenvalue weighted by Gasteiger charge is 2.27. The number of hydrogen-bond donors (Lipinski definition) is 1. The van der Waals surface area contributed by atoms with Gasteiger partial charge < -0.3 is 15.0 Å². The van der Waals surface area contributed by atoms with Gasteiger partial charge in [-0.25, -0.2) is 4.98 Å². The molecular formula is C14H25N3O. The summed E-state index contributed by atoms with van der Waals surface area (Å²) in [7, 11) is 0. The SMILES string of the molecule is CC(C)C(CN)c1cncn1C(C)C1CCCO1. The number of nitrogens with two attached hydrogens (primary N) is 1. The summed E-state index contributed by atoms with van der Waals surface area (Å²) >= 11 is 0. The van der Waals surface area contributed by atoms with Crippen LogP contribution in [-0.4, -0.2) is 28.8 Å². The Kier molecular flexibility index (Phi) is 4.40. The summed E-state index contributed by atoms with van der Waals surface area (Å²) in [6, 6.07) is 0.345. The van der Waals surface area contributed by atoms with Crippen LogP contribution in [0, 0.1) is 5.92 Å². The second kappa shape index (κ2) is 5.85. The molecule has 0 saturated carbocycles. The van der Waals surface area contributed by atoms with Crippen LogP contribution in [0.2, 0.25) is 0 Å². The third-order valence-electron chi connectivity index (χ3n) is 4.08. The van der Waals surface area contributed by atoms with Gasteiger partial charge in [0.1, 0.15) is 0 Å². The second-order valence-corrected chi connectivity index (χ2v) is 5.60. The molecular weight excluding hydrogens is 226 g/mol. The molecule has 1 aromatic heterocycles. The average molecular weight is 251 g/mol. The molecule has 18 heavy (non-hydrogen) atoms. The molecule has 1 aliphatic heterocycles. The molecule has 102 valence electrons. The Bertz CT molecular complexity index is 369. The van der Waals surface area contributed by atoms with E-state index >= 15 is 0 Å². The van der Waals surface area contributed by atoms with Gasteiger partial charge in [0.05, 0.1) is 18.5 Å². The summed E-state index contributed by atoms with van der Waals surface area (Å²) in [4.78, 5) is 4.32. The fourth-order valence-electron chi connectivity index (χ4n) is 2.84. The van der Waals surface area contributed by atoms with Gasteiger partial charge >= 0.3 is 0 Å². The monoisotopic (exact) mass is 251 g/mol. The van der Waals surface area contributed by atoms with Gasteiger partial charge in [-0.3, -0.25) is 0 Å². The maximum Gasteiger partial charge on any atom is 0.0951 e. The van der Waals surface area contributed by atoms with Crippen LogP contribution in [0.15, 0.2) is 12.5 Å². The zero-order valence-corrected chi connectivity index (χ0v) is 11.7. The van der Waals surface area contributed by atoms with Gasteiger partial charge in [-0.15, -0.1) is 0 Å². The van der Waals surface area contributed by atoms with E-state index in [1.807, 2.05) is 12.5 Å². The summed E-state index contributed by atoms with van der Waals surface area (Å²) in [6.07, 6.45) is 6.52. The zero-order valence-electron chi connectivity index (χ0n) is 11.7. The number of aromatic nitrogens is 2. The van der Waals surface area contributed by atoms with Crippen molar-refractivity contribution in [1.29, 1.82) is 0 Å². The molecule has 0 radical (unpaired) electrons. The molecule has 2 heterocycles. The van der Waals surface area contributed by atoms with E-state index in [2.05, 4.69) is 30.3 Å². The maximum absolute atomic E-state index is 5.92. The standard InChI is InChI=1S/C14H25N3O/c1-10(2)12(7-15)13-8-16-9-17(13)11(3)14-5-4-6-18-14/h8-12,14H,4-7,15H2,1-3H3. The van der Waals surface area contributed by atoms with Gasteiger partial charge in [-0.2, -0.15) is 0 Å². The predicted octanol–water partition coefficient (Wildman–Crippen LogP) is 2.32. The summed E-state index contributed by atoms with van der Waals surface area (Å²) in [5, 5.41) is 0. The Morgan fingerprint density at radius 1 is 1.50 bits per heavy atom. The number of nitrogens with zero attached hydrogens (tertiary/aromatic N) is 2. The van der Waals surface area contributed by atoms with Gasteiger partial charge in [0, 0.05) is 31.0 Å². The Morgan fingerprint density at radius 3 is 2.83 bits per heavy atom. The predicted molar refractivity (Wildman–Crippen MR) is 72.5 cm³/mol. The molecule has 0 aromatic carbocycles. The van der Waals surface area contributed by atoms with Crippen LogP contribution in [0.3, 0.4) is 0 Å². The average Bonchev–Trinajstić information content (AvgIpc) is 3.00. The van der Waals surface area contributed by atoms with E-state index < -0.39 is 0 Å². The molecule has 2 N–H and O–H groups in total. The Labute approximate surface area is 110 Å². The highest BCUT2D eigenvalue weighted by atomic mass is 16.5. The maximum atomic E-state index is 5.92. The minimum absolute atomic E-state index is 0.323. The van der Waals surface area contributed by atoms with Crippen LogP contribution >= 0.6 is 0 Å². The van der Waals surface area contributed by atoms with E-state index in [0.29, 0.717) is 30.5 Å². The first kappa shape index (κ1) is 13.6. The topological polar surface area (TPSA) is 53.1 Å². The second-order valence-electron chi connectivity index (χ2n) is 5.60.